The molecule has 0 aliphatic carbocycles. The number of nitrogens with one attached hydrogen (secondary N) is 1. The van der Waals surface area contributed by atoms with Crippen molar-refractivity contribution in [3.05, 3.63) is 60.8 Å². The van der Waals surface area contributed by atoms with Crippen LogP contribution in [0.4, 0.5) is 0 Å². The van der Waals surface area contributed by atoms with Crippen molar-refractivity contribution >= 4 is 5.91 Å². The van der Waals surface area contributed by atoms with E-state index < -0.39 is 124 Å². The lowest BCUT2D eigenvalue weighted by molar-refractivity contribution is -0.379. The van der Waals surface area contributed by atoms with Gasteiger partial charge in [0.1, 0.15) is 73.2 Å². The van der Waals surface area contributed by atoms with E-state index in [4.69, 9.17) is 28.4 Å². The van der Waals surface area contributed by atoms with E-state index in [0.717, 1.165) is 57.8 Å². The molecule has 0 aromatic rings. The van der Waals surface area contributed by atoms with Crippen LogP contribution >= 0.6 is 0 Å². The van der Waals surface area contributed by atoms with Gasteiger partial charge < -0.3 is 89.9 Å². The quantitative estimate of drug-likeness (QED) is 0.0330. The number of aliphatic hydroxyl groups is 11. The van der Waals surface area contributed by atoms with Crippen LogP contribution in [0.5, 0.6) is 0 Å². The normalized spacial score (nSPS) is 33.7. The molecule has 17 atom stereocenters. The molecule has 3 heterocycles. The highest BCUT2D eigenvalue weighted by Crippen LogP contribution is 2.33. The van der Waals surface area contributed by atoms with Crippen LogP contribution in [0.25, 0.3) is 0 Å². The summed E-state index contributed by atoms with van der Waals surface area (Å²) in [6.07, 6.45) is 6.81. The van der Waals surface area contributed by atoms with E-state index in [1.54, 1.807) is 12.2 Å². The second-order valence-corrected chi connectivity index (χ2v) is 17.5. The fourth-order valence-electron chi connectivity index (χ4n) is 7.92. The number of rotatable bonds is 32. The summed E-state index contributed by atoms with van der Waals surface area (Å²) in [5.41, 5.74) is 0. The highest BCUT2D eigenvalue weighted by molar-refractivity contribution is 5.76. The molecule has 0 spiro atoms. The van der Waals surface area contributed by atoms with Crippen LogP contribution in [-0.2, 0) is 33.2 Å². The Hall–Kier alpha value is -2.51. The summed E-state index contributed by atoms with van der Waals surface area (Å²) in [7, 11) is 0. The fourth-order valence-corrected chi connectivity index (χ4v) is 7.92. The third kappa shape index (κ3) is 19.9. The van der Waals surface area contributed by atoms with E-state index in [-0.39, 0.29) is 18.9 Å². The standard InChI is InChI=1S/C49H83NO18/c1-3-5-7-9-11-13-15-16-17-19-21-23-25-27-37(55)50-32(33(54)26-24-22-20-18-14-12-10-8-6-4-2)31-63-47-43(61)40(58)45(35(29-52)65-47)68-49-44(62)41(59)46(36(30-53)66-49)67-48-42(60)39(57)38(56)34(28-51)64-48/h5,7,11,13-14,16-18,24,26,32-36,38-49,51-54,56-62H,3-4,6,8-10,12,15,19-23,25,27-31H2,1-2H3,(H,50,55)/b7-5-,13-11-,17-16-,18-14+,26-24+. The van der Waals surface area contributed by atoms with Crippen molar-refractivity contribution < 1.29 is 89.4 Å². The number of amides is 1. The number of ether oxygens (including phenoxy) is 6. The van der Waals surface area contributed by atoms with Crippen LogP contribution in [-0.4, -0.2) is 193 Å². The second-order valence-electron chi connectivity index (χ2n) is 17.5. The van der Waals surface area contributed by atoms with Crippen molar-refractivity contribution in [3.8, 4) is 0 Å². The van der Waals surface area contributed by atoms with Gasteiger partial charge in [-0.25, -0.2) is 0 Å². The highest BCUT2D eigenvalue weighted by atomic mass is 16.8. The zero-order valence-electron chi connectivity index (χ0n) is 39.8. The summed E-state index contributed by atoms with van der Waals surface area (Å²) < 4.78 is 34.0. The Morgan fingerprint density at radius 3 is 1.62 bits per heavy atom. The van der Waals surface area contributed by atoms with Crippen molar-refractivity contribution in [2.45, 2.75) is 214 Å². The first kappa shape index (κ1) is 59.8. The molecule has 68 heavy (non-hydrogen) atoms. The van der Waals surface area contributed by atoms with Crippen molar-refractivity contribution in [2.24, 2.45) is 0 Å². The third-order valence-corrected chi connectivity index (χ3v) is 12.0. The predicted molar refractivity (Wildman–Crippen MR) is 249 cm³/mol. The smallest absolute Gasteiger partial charge is 0.220 e. The fraction of sp³-hybridized carbons (Fsp3) is 0.776. The zero-order chi connectivity index (χ0) is 49.8. The lowest BCUT2D eigenvalue weighted by Crippen LogP contribution is -2.66. The molecule has 0 bridgehead atoms. The van der Waals surface area contributed by atoms with Gasteiger partial charge in [0.05, 0.1) is 38.6 Å². The number of allylic oxidation sites excluding steroid dienone is 9. The Morgan fingerprint density at radius 1 is 0.544 bits per heavy atom. The Bertz CT molecular complexity index is 1490. The van der Waals surface area contributed by atoms with Gasteiger partial charge in [-0.3, -0.25) is 4.79 Å². The van der Waals surface area contributed by atoms with E-state index in [9.17, 15) is 61.0 Å². The Balaban J connectivity index is 1.60. The van der Waals surface area contributed by atoms with Crippen LogP contribution in [0.15, 0.2) is 60.8 Å². The van der Waals surface area contributed by atoms with Crippen molar-refractivity contribution in [1.29, 1.82) is 0 Å². The number of hydrogen-bond donors (Lipinski definition) is 12. The summed E-state index contributed by atoms with van der Waals surface area (Å²) in [5.74, 6) is -0.322. The summed E-state index contributed by atoms with van der Waals surface area (Å²) in [6.45, 7) is 1.45. The second kappa shape index (κ2) is 34.0. The van der Waals surface area contributed by atoms with Gasteiger partial charge in [-0.1, -0.05) is 100 Å². The van der Waals surface area contributed by atoms with Crippen molar-refractivity contribution in [3.63, 3.8) is 0 Å². The Morgan fingerprint density at radius 2 is 1.03 bits per heavy atom. The molecule has 3 aliphatic heterocycles. The molecule has 3 saturated heterocycles. The largest absolute Gasteiger partial charge is 0.394 e. The summed E-state index contributed by atoms with van der Waals surface area (Å²) in [6, 6.07) is -1.00. The molecule has 3 fully saturated rings. The number of carbonyl (C=O) groups excluding carboxylic acids is 1. The van der Waals surface area contributed by atoms with Crippen molar-refractivity contribution in [1.82, 2.24) is 5.32 Å². The minimum absolute atomic E-state index is 0.197. The average molecular weight is 974 g/mol. The average Bonchev–Trinajstić information content (AvgIpc) is 3.33. The molecule has 12 N–H and O–H groups in total. The van der Waals surface area contributed by atoms with Gasteiger partial charge >= 0.3 is 0 Å². The molecule has 3 aliphatic rings. The van der Waals surface area contributed by atoms with Gasteiger partial charge in [0.15, 0.2) is 18.9 Å². The van der Waals surface area contributed by atoms with E-state index in [0.29, 0.717) is 12.8 Å². The lowest BCUT2D eigenvalue weighted by atomic mass is 9.96. The van der Waals surface area contributed by atoms with Gasteiger partial charge in [-0.05, 0) is 64.2 Å². The minimum atomic E-state index is -1.98. The molecule has 392 valence electrons. The van der Waals surface area contributed by atoms with E-state index in [2.05, 4.69) is 67.8 Å². The highest BCUT2D eigenvalue weighted by Gasteiger charge is 2.53. The van der Waals surface area contributed by atoms with Gasteiger partial charge in [0.25, 0.3) is 0 Å². The van der Waals surface area contributed by atoms with Crippen LogP contribution in [0.3, 0.4) is 0 Å². The van der Waals surface area contributed by atoms with Gasteiger partial charge in [-0.15, -0.1) is 0 Å². The Labute approximate surface area is 401 Å². The van der Waals surface area contributed by atoms with E-state index in [1.807, 2.05) is 0 Å². The van der Waals surface area contributed by atoms with Gasteiger partial charge in [-0.2, -0.15) is 0 Å². The minimum Gasteiger partial charge on any atom is -0.394 e. The Kier molecular flexibility index (Phi) is 29.9. The first-order valence-electron chi connectivity index (χ1n) is 24.5. The monoisotopic (exact) mass is 974 g/mol. The van der Waals surface area contributed by atoms with Gasteiger partial charge in [0, 0.05) is 6.42 Å². The summed E-state index contributed by atoms with van der Waals surface area (Å²) in [5, 5.41) is 119. The van der Waals surface area contributed by atoms with Crippen LogP contribution in [0.2, 0.25) is 0 Å². The van der Waals surface area contributed by atoms with E-state index >= 15 is 0 Å². The molecule has 0 aromatic heterocycles. The SMILES string of the molecule is CC/C=C\C/C=C\C/C=C\CCCCCC(=O)NC(COC1OC(CO)C(OC2OC(CO)C(OC3OC(CO)C(O)C(O)C3O)C(O)C2O)C(O)C1O)C(O)/C=C/CC/C=C/CCCCCC. The topological polar surface area (TPSA) is 307 Å². The third-order valence-electron chi connectivity index (χ3n) is 12.0. The molecule has 19 heteroatoms. The number of unbranched alkanes of at least 4 members (excludes halogenated alkanes) is 8. The number of hydrogen-bond acceptors (Lipinski definition) is 18. The molecular weight excluding hydrogens is 891 g/mol. The maximum Gasteiger partial charge on any atom is 0.220 e. The molecule has 1 amide bonds. The van der Waals surface area contributed by atoms with E-state index in [1.165, 1.54) is 19.3 Å². The predicted octanol–water partition coefficient (Wildman–Crippen LogP) is 0.969. The molecular formula is C49H83NO18. The molecule has 19 nitrogen and oxygen atoms in total. The maximum atomic E-state index is 13.2. The molecule has 17 unspecified atom stereocenters. The molecule has 3 rings (SSSR count). The zero-order valence-corrected chi connectivity index (χ0v) is 39.8. The maximum absolute atomic E-state index is 13.2. The van der Waals surface area contributed by atoms with Crippen LogP contribution < -0.4 is 5.32 Å². The molecule has 0 aromatic carbocycles. The molecule has 0 radical (unpaired) electrons. The van der Waals surface area contributed by atoms with Gasteiger partial charge in [0.2, 0.25) is 5.91 Å². The summed E-state index contributed by atoms with van der Waals surface area (Å²) >= 11 is 0. The lowest BCUT2D eigenvalue weighted by Gasteiger charge is -2.48. The van der Waals surface area contributed by atoms with Crippen LogP contribution in [0.1, 0.15) is 110 Å². The first-order valence-corrected chi connectivity index (χ1v) is 24.5. The first-order chi connectivity index (χ1) is 32.8. The number of aliphatic hydroxyl groups excluding tert-OH is 11. The summed E-state index contributed by atoms with van der Waals surface area (Å²) in [4.78, 5) is 13.2. The van der Waals surface area contributed by atoms with Crippen molar-refractivity contribution in [2.75, 3.05) is 26.4 Å². The number of carbonyl (C=O) groups is 1. The van der Waals surface area contributed by atoms with Crippen LogP contribution in [0, 0.1) is 0 Å². The molecule has 0 saturated carbocycles.